The van der Waals surface area contributed by atoms with Gasteiger partial charge in [0.1, 0.15) is 0 Å². The van der Waals surface area contributed by atoms with Gasteiger partial charge in [0.25, 0.3) is 0 Å². The van der Waals surface area contributed by atoms with Gasteiger partial charge in [-0.2, -0.15) is 0 Å². The van der Waals surface area contributed by atoms with Crippen LogP contribution in [0.4, 0.5) is 17.1 Å². The molecule has 0 aromatic heterocycles. The van der Waals surface area contributed by atoms with E-state index in [0.717, 1.165) is 17.1 Å². The third-order valence-corrected chi connectivity index (χ3v) is 8.65. The summed E-state index contributed by atoms with van der Waals surface area (Å²) in [5.74, 6) is 0. The van der Waals surface area contributed by atoms with Crippen molar-refractivity contribution in [3.05, 3.63) is 188 Å². The summed E-state index contributed by atoms with van der Waals surface area (Å²) in [7, 11) is 0. The van der Waals surface area contributed by atoms with Gasteiger partial charge in [0, 0.05) is 16.8 Å². The molecule has 45 heavy (non-hydrogen) atoms. The normalized spacial score (nSPS) is 11.1. The highest BCUT2D eigenvalue weighted by atomic mass is 15.1. The van der Waals surface area contributed by atoms with E-state index in [1.165, 1.54) is 54.9 Å². The number of rotatable bonds is 6. The lowest BCUT2D eigenvalue weighted by Gasteiger charge is -2.28. The maximum Gasteiger partial charge on any atom is 0.0546 e. The van der Waals surface area contributed by atoms with Gasteiger partial charge < -0.3 is 4.90 Å². The molecule has 0 saturated carbocycles. The highest BCUT2D eigenvalue weighted by Crippen LogP contribution is 2.43. The Labute approximate surface area is 264 Å². The molecule has 0 unspecified atom stereocenters. The van der Waals surface area contributed by atoms with E-state index in [4.69, 9.17) is 0 Å². The van der Waals surface area contributed by atoms with Crippen molar-refractivity contribution in [3.8, 4) is 33.4 Å². The van der Waals surface area contributed by atoms with Crippen LogP contribution in [0.2, 0.25) is 0 Å². The summed E-state index contributed by atoms with van der Waals surface area (Å²) in [6, 6.07) is 67.7. The minimum absolute atomic E-state index is 1.12. The number of hydrogen-bond donors (Lipinski definition) is 0. The molecule has 0 fully saturated rings. The highest BCUT2D eigenvalue weighted by Gasteiger charge is 2.18. The molecule has 0 aliphatic rings. The van der Waals surface area contributed by atoms with E-state index >= 15 is 0 Å². The third-order valence-electron chi connectivity index (χ3n) is 8.65. The molecule has 0 aliphatic carbocycles. The molecule has 8 rings (SSSR count). The fourth-order valence-electron chi connectivity index (χ4n) is 6.40. The number of fused-ring (bicyclic) bond motifs is 2. The molecule has 8 aromatic rings. The van der Waals surface area contributed by atoms with Crippen molar-refractivity contribution in [1.29, 1.82) is 0 Å². The molecule has 0 radical (unpaired) electrons. The summed E-state index contributed by atoms with van der Waals surface area (Å²) in [5.41, 5.74) is 10.7. The lowest BCUT2D eigenvalue weighted by Crippen LogP contribution is -2.10. The molecule has 0 bridgehead atoms. The molecule has 0 N–H and O–H groups in total. The number of hydrogen-bond acceptors (Lipinski definition) is 1. The zero-order valence-corrected chi connectivity index (χ0v) is 24.8. The van der Waals surface area contributed by atoms with Crippen LogP contribution in [0, 0.1) is 0 Å². The van der Waals surface area contributed by atoms with Gasteiger partial charge in [-0.1, -0.05) is 158 Å². The topological polar surface area (TPSA) is 3.24 Å². The van der Waals surface area contributed by atoms with E-state index in [2.05, 4.69) is 193 Å². The van der Waals surface area contributed by atoms with Crippen molar-refractivity contribution in [2.24, 2.45) is 0 Å². The fourth-order valence-corrected chi connectivity index (χ4v) is 6.40. The molecule has 0 heterocycles. The standard InChI is InChI=1S/C44H31N/c1-3-11-32(12-4-1)34-21-23-35(24-22-34)36-25-28-40(29-26-36)45(41-30-27-33-13-7-8-16-39(33)31-41)43-20-10-18-38-17-9-19-42(44(38)43)37-14-5-2-6-15-37/h1-31H. The Balaban J connectivity index is 1.27. The van der Waals surface area contributed by atoms with E-state index < -0.39 is 0 Å². The molecule has 0 spiro atoms. The van der Waals surface area contributed by atoms with Gasteiger partial charge in [0.2, 0.25) is 0 Å². The van der Waals surface area contributed by atoms with E-state index in [1.807, 2.05) is 0 Å². The summed E-state index contributed by atoms with van der Waals surface area (Å²) < 4.78 is 0. The minimum atomic E-state index is 1.12. The van der Waals surface area contributed by atoms with Gasteiger partial charge in [0.05, 0.1) is 5.69 Å². The van der Waals surface area contributed by atoms with Crippen molar-refractivity contribution >= 4 is 38.6 Å². The summed E-state index contributed by atoms with van der Waals surface area (Å²) in [5, 5.41) is 4.91. The Morgan fingerprint density at radius 2 is 0.778 bits per heavy atom. The summed E-state index contributed by atoms with van der Waals surface area (Å²) >= 11 is 0. The molecular formula is C44H31N. The first-order valence-electron chi connectivity index (χ1n) is 15.4. The zero-order valence-electron chi connectivity index (χ0n) is 24.8. The number of anilines is 3. The van der Waals surface area contributed by atoms with Crippen molar-refractivity contribution in [2.45, 2.75) is 0 Å². The quantitative estimate of drug-likeness (QED) is 0.191. The van der Waals surface area contributed by atoms with E-state index in [1.54, 1.807) is 0 Å². The van der Waals surface area contributed by atoms with Crippen molar-refractivity contribution in [3.63, 3.8) is 0 Å². The largest absolute Gasteiger partial charge is 0.310 e. The zero-order chi connectivity index (χ0) is 30.0. The Morgan fingerprint density at radius 3 is 1.44 bits per heavy atom. The number of nitrogens with zero attached hydrogens (tertiary/aromatic N) is 1. The van der Waals surface area contributed by atoms with Crippen molar-refractivity contribution in [1.82, 2.24) is 0 Å². The monoisotopic (exact) mass is 573 g/mol. The van der Waals surface area contributed by atoms with Crippen LogP contribution in [-0.2, 0) is 0 Å². The van der Waals surface area contributed by atoms with Crippen LogP contribution in [0.25, 0.3) is 54.9 Å². The Hall–Kier alpha value is -5.92. The molecular weight excluding hydrogens is 542 g/mol. The smallest absolute Gasteiger partial charge is 0.0546 e. The Morgan fingerprint density at radius 1 is 0.289 bits per heavy atom. The van der Waals surface area contributed by atoms with Gasteiger partial charge in [0.15, 0.2) is 0 Å². The molecule has 212 valence electrons. The first-order valence-corrected chi connectivity index (χ1v) is 15.4. The van der Waals surface area contributed by atoms with Gasteiger partial charge in [-0.05, 0) is 79.9 Å². The van der Waals surface area contributed by atoms with Crippen LogP contribution in [0.15, 0.2) is 188 Å². The molecule has 0 atom stereocenters. The second-order valence-electron chi connectivity index (χ2n) is 11.4. The van der Waals surface area contributed by atoms with E-state index in [-0.39, 0.29) is 0 Å². The second-order valence-corrected chi connectivity index (χ2v) is 11.4. The Kier molecular flexibility index (Phi) is 6.90. The lowest BCUT2D eigenvalue weighted by atomic mass is 9.95. The molecule has 0 aliphatic heterocycles. The van der Waals surface area contributed by atoms with Crippen LogP contribution in [0.3, 0.4) is 0 Å². The Bertz CT molecular complexity index is 2230. The average Bonchev–Trinajstić information content (AvgIpc) is 3.13. The fraction of sp³-hybridized carbons (Fsp3) is 0. The lowest BCUT2D eigenvalue weighted by molar-refractivity contribution is 1.30. The number of benzene rings is 8. The van der Waals surface area contributed by atoms with E-state index in [9.17, 15) is 0 Å². The van der Waals surface area contributed by atoms with Gasteiger partial charge in [-0.25, -0.2) is 0 Å². The first kappa shape index (κ1) is 26.7. The summed E-state index contributed by atoms with van der Waals surface area (Å²) in [6.07, 6.45) is 0. The molecule has 8 aromatic carbocycles. The maximum atomic E-state index is 2.41. The SMILES string of the molecule is c1ccc(-c2ccc(-c3ccc(N(c4ccc5ccccc5c4)c4cccc5cccc(-c6ccccc6)c45)cc3)cc2)cc1. The van der Waals surface area contributed by atoms with Crippen LogP contribution < -0.4 is 4.90 Å². The summed E-state index contributed by atoms with van der Waals surface area (Å²) in [4.78, 5) is 2.41. The van der Waals surface area contributed by atoms with Crippen molar-refractivity contribution in [2.75, 3.05) is 4.90 Å². The third kappa shape index (κ3) is 5.15. The molecule has 0 amide bonds. The predicted molar refractivity (Wildman–Crippen MR) is 192 cm³/mol. The second kappa shape index (κ2) is 11.6. The minimum Gasteiger partial charge on any atom is -0.310 e. The van der Waals surface area contributed by atoms with Gasteiger partial charge in [-0.3, -0.25) is 0 Å². The molecule has 1 nitrogen and oxygen atoms in total. The maximum absolute atomic E-state index is 2.41. The average molecular weight is 574 g/mol. The van der Waals surface area contributed by atoms with Gasteiger partial charge in [-0.15, -0.1) is 0 Å². The van der Waals surface area contributed by atoms with Crippen LogP contribution in [0.5, 0.6) is 0 Å². The van der Waals surface area contributed by atoms with Crippen LogP contribution in [0.1, 0.15) is 0 Å². The van der Waals surface area contributed by atoms with Crippen molar-refractivity contribution < 1.29 is 0 Å². The summed E-state index contributed by atoms with van der Waals surface area (Å²) in [6.45, 7) is 0. The molecule has 0 saturated heterocycles. The van der Waals surface area contributed by atoms with Crippen LogP contribution >= 0.6 is 0 Å². The van der Waals surface area contributed by atoms with Gasteiger partial charge >= 0.3 is 0 Å². The first-order chi connectivity index (χ1) is 22.3. The van der Waals surface area contributed by atoms with Crippen LogP contribution in [-0.4, -0.2) is 0 Å². The molecule has 1 heteroatoms. The van der Waals surface area contributed by atoms with E-state index in [0.29, 0.717) is 0 Å². The predicted octanol–water partition coefficient (Wildman–Crippen LogP) is 12.5. The highest BCUT2D eigenvalue weighted by molar-refractivity contribution is 6.08.